The fraction of sp³-hybridized carbons (Fsp3) is 0.500. The predicted molar refractivity (Wildman–Crippen MR) is 77.4 cm³/mol. The van der Waals surface area contributed by atoms with Gasteiger partial charge in [0.1, 0.15) is 11.3 Å². The van der Waals surface area contributed by atoms with Crippen molar-refractivity contribution in [2.24, 2.45) is 0 Å². The highest BCUT2D eigenvalue weighted by Crippen LogP contribution is 2.26. The minimum absolute atomic E-state index is 0.0677. The third-order valence-corrected chi connectivity index (χ3v) is 2.95. The van der Waals surface area contributed by atoms with Crippen LogP contribution in [0.2, 0.25) is 0 Å². The number of rotatable bonds is 0. The Hall–Kier alpha value is -2.09. The van der Waals surface area contributed by atoms with Gasteiger partial charge in [0.2, 0.25) is 0 Å². The molecule has 0 N–H and O–H groups in total. The SMILES string of the molecule is CC(C)(C)OC(=O)N1CCC(F)(C#Cc2ccccn2)C1. The zero-order valence-electron chi connectivity index (χ0n) is 12.5. The monoisotopic (exact) mass is 290 g/mol. The van der Waals surface area contributed by atoms with Crippen molar-refractivity contribution >= 4 is 6.09 Å². The molecule has 1 unspecified atom stereocenters. The third-order valence-electron chi connectivity index (χ3n) is 2.95. The highest BCUT2D eigenvalue weighted by Gasteiger charge is 2.40. The molecule has 1 aliphatic rings. The summed E-state index contributed by atoms with van der Waals surface area (Å²) in [6.45, 7) is 5.59. The summed E-state index contributed by atoms with van der Waals surface area (Å²) < 4.78 is 19.8. The topological polar surface area (TPSA) is 42.4 Å². The standard InChI is InChI=1S/C16H19FN2O2/c1-15(2,3)21-14(20)19-11-9-16(17,12-19)8-7-13-6-4-5-10-18-13/h4-6,10H,9,11-12H2,1-3H3. The second-order valence-corrected chi connectivity index (χ2v) is 6.08. The quantitative estimate of drug-likeness (QED) is 0.690. The maximum Gasteiger partial charge on any atom is 0.410 e. The molecule has 1 atom stereocenters. The predicted octanol–water partition coefficient (Wildman–Crippen LogP) is 2.78. The van der Waals surface area contributed by atoms with E-state index in [1.807, 2.05) is 0 Å². The summed E-state index contributed by atoms with van der Waals surface area (Å²) in [5.74, 6) is 5.31. The Morgan fingerprint density at radius 3 is 2.86 bits per heavy atom. The molecule has 4 nitrogen and oxygen atoms in total. The number of nitrogens with zero attached hydrogens (tertiary/aromatic N) is 2. The molecule has 0 saturated carbocycles. The van der Waals surface area contributed by atoms with Crippen molar-refractivity contribution < 1.29 is 13.9 Å². The number of ether oxygens (including phenoxy) is 1. The average Bonchev–Trinajstić information content (AvgIpc) is 2.79. The van der Waals surface area contributed by atoms with Crippen LogP contribution in [0.1, 0.15) is 32.9 Å². The molecule has 0 radical (unpaired) electrons. The van der Waals surface area contributed by atoms with Gasteiger partial charge in [0.15, 0.2) is 5.67 Å². The Balaban J connectivity index is 2.01. The minimum Gasteiger partial charge on any atom is -0.444 e. The van der Waals surface area contributed by atoms with Crippen molar-refractivity contribution in [3.05, 3.63) is 30.1 Å². The van der Waals surface area contributed by atoms with Gasteiger partial charge in [-0.3, -0.25) is 0 Å². The van der Waals surface area contributed by atoms with E-state index < -0.39 is 17.4 Å². The molecule has 0 aliphatic carbocycles. The van der Waals surface area contributed by atoms with E-state index in [1.54, 1.807) is 45.2 Å². The lowest BCUT2D eigenvalue weighted by Crippen LogP contribution is -2.37. The van der Waals surface area contributed by atoms with Crippen molar-refractivity contribution in [2.75, 3.05) is 13.1 Å². The first-order chi connectivity index (χ1) is 9.77. The molecular formula is C16H19FN2O2. The van der Waals surface area contributed by atoms with Crippen molar-refractivity contribution in [2.45, 2.75) is 38.5 Å². The fourth-order valence-electron chi connectivity index (χ4n) is 1.97. The number of likely N-dealkylation sites (tertiary alicyclic amines) is 1. The number of amides is 1. The van der Waals surface area contributed by atoms with E-state index in [1.165, 1.54) is 4.90 Å². The van der Waals surface area contributed by atoms with Crippen molar-refractivity contribution in [1.29, 1.82) is 0 Å². The summed E-state index contributed by atoms with van der Waals surface area (Å²) in [6, 6.07) is 5.29. The highest BCUT2D eigenvalue weighted by molar-refractivity contribution is 5.69. The van der Waals surface area contributed by atoms with E-state index in [-0.39, 0.29) is 13.0 Å². The summed E-state index contributed by atoms with van der Waals surface area (Å²) in [5, 5.41) is 0. The van der Waals surface area contributed by atoms with E-state index in [2.05, 4.69) is 16.8 Å². The summed E-state index contributed by atoms with van der Waals surface area (Å²) >= 11 is 0. The number of pyridine rings is 1. The van der Waals surface area contributed by atoms with E-state index in [0.29, 0.717) is 12.2 Å². The molecule has 1 aliphatic heterocycles. The largest absolute Gasteiger partial charge is 0.444 e. The van der Waals surface area contributed by atoms with Gasteiger partial charge < -0.3 is 9.64 Å². The van der Waals surface area contributed by atoms with Crippen LogP contribution in [0.3, 0.4) is 0 Å². The number of halogens is 1. The molecule has 0 bridgehead atoms. The van der Waals surface area contributed by atoms with Gasteiger partial charge in [0.05, 0.1) is 6.54 Å². The van der Waals surface area contributed by atoms with Gasteiger partial charge >= 0.3 is 6.09 Å². The maximum absolute atomic E-state index is 14.6. The lowest BCUT2D eigenvalue weighted by Gasteiger charge is -2.24. The van der Waals surface area contributed by atoms with Gasteiger partial charge in [-0.1, -0.05) is 12.0 Å². The van der Waals surface area contributed by atoms with Crippen LogP contribution in [0, 0.1) is 11.8 Å². The molecule has 2 rings (SSSR count). The normalized spacial score (nSPS) is 21.6. The highest BCUT2D eigenvalue weighted by atomic mass is 19.1. The van der Waals surface area contributed by atoms with Gasteiger partial charge in [0, 0.05) is 19.2 Å². The van der Waals surface area contributed by atoms with Crippen LogP contribution in [-0.2, 0) is 4.74 Å². The maximum atomic E-state index is 14.6. The van der Waals surface area contributed by atoms with Crippen LogP contribution in [-0.4, -0.2) is 40.3 Å². The Labute approximate surface area is 124 Å². The number of carbonyl (C=O) groups is 1. The molecule has 0 aromatic carbocycles. The number of hydrogen-bond acceptors (Lipinski definition) is 3. The Kier molecular flexibility index (Phi) is 4.17. The van der Waals surface area contributed by atoms with Gasteiger partial charge in [0.25, 0.3) is 0 Å². The van der Waals surface area contributed by atoms with Crippen LogP contribution >= 0.6 is 0 Å². The summed E-state index contributed by atoms with van der Waals surface area (Å²) in [7, 11) is 0. The molecular weight excluding hydrogens is 271 g/mol. The summed E-state index contributed by atoms with van der Waals surface area (Å²) in [5.41, 5.74) is -1.77. The van der Waals surface area contributed by atoms with E-state index >= 15 is 0 Å². The molecule has 1 fully saturated rings. The molecule has 21 heavy (non-hydrogen) atoms. The first kappa shape index (κ1) is 15.3. The van der Waals surface area contributed by atoms with Crippen LogP contribution in [0.5, 0.6) is 0 Å². The van der Waals surface area contributed by atoms with Crippen molar-refractivity contribution in [3.63, 3.8) is 0 Å². The van der Waals surface area contributed by atoms with Gasteiger partial charge in [-0.2, -0.15) is 0 Å². The first-order valence-corrected chi connectivity index (χ1v) is 6.89. The summed E-state index contributed by atoms with van der Waals surface area (Å²) in [4.78, 5) is 17.3. The molecule has 1 amide bonds. The molecule has 1 aromatic rings. The van der Waals surface area contributed by atoms with Crippen molar-refractivity contribution in [3.8, 4) is 11.8 Å². The zero-order chi connectivity index (χ0) is 15.5. The third kappa shape index (κ3) is 4.45. The lowest BCUT2D eigenvalue weighted by molar-refractivity contribution is 0.0274. The van der Waals surface area contributed by atoms with Gasteiger partial charge in [-0.25, -0.2) is 14.2 Å². The number of aromatic nitrogens is 1. The molecule has 2 heterocycles. The Morgan fingerprint density at radius 2 is 2.24 bits per heavy atom. The van der Waals surface area contributed by atoms with Crippen LogP contribution in [0.25, 0.3) is 0 Å². The molecule has 1 aromatic heterocycles. The molecule has 1 saturated heterocycles. The van der Waals surface area contributed by atoms with Crippen LogP contribution in [0.15, 0.2) is 24.4 Å². The first-order valence-electron chi connectivity index (χ1n) is 6.89. The van der Waals surface area contributed by atoms with E-state index in [0.717, 1.165) is 0 Å². The number of hydrogen-bond donors (Lipinski definition) is 0. The Morgan fingerprint density at radius 1 is 1.48 bits per heavy atom. The summed E-state index contributed by atoms with van der Waals surface area (Å²) in [6.07, 6.45) is 1.30. The molecule has 5 heteroatoms. The fourth-order valence-corrected chi connectivity index (χ4v) is 1.97. The molecule has 112 valence electrons. The lowest BCUT2D eigenvalue weighted by atomic mass is 10.1. The second-order valence-electron chi connectivity index (χ2n) is 6.08. The van der Waals surface area contributed by atoms with Gasteiger partial charge in [-0.15, -0.1) is 0 Å². The Bertz CT molecular complexity index is 571. The number of alkyl halides is 1. The minimum atomic E-state index is -1.70. The van der Waals surface area contributed by atoms with Crippen LogP contribution in [0.4, 0.5) is 9.18 Å². The average molecular weight is 290 g/mol. The van der Waals surface area contributed by atoms with E-state index in [9.17, 15) is 9.18 Å². The number of carbonyl (C=O) groups excluding carboxylic acids is 1. The zero-order valence-corrected chi connectivity index (χ0v) is 12.5. The second kappa shape index (κ2) is 5.72. The smallest absolute Gasteiger partial charge is 0.410 e. The van der Waals surface area contributed by atoms with Crippen molar-refractivity contribution in [1.82, 2.24) is 9.88 Å². The molecule has 0 spiro atoms. The van der Waals surface area contributed by atoms with E-state index in [4.69, 9.17) is 4.74 Å². The van der Waals surface area contributed by atoms with Crippen LogP contribution < -0.4 is 0 Å². The van der Waals surface area contributed by atoms with Gasteiger partial charge in [-0.05, 0) is 38.8 Å².